The molecule has 1 unspecified atom stereocenters. The Morgan fingerprint density at radius 3 is 2.41 bits per heavy atom. The summed E-state index contributed by atoms with van der Waals surface area (Å²) in [5.41, 5.74) is 3.39. The lowest BCUT2D eigenvalue weighted by atomic mass is 9.45. The van der Waals surface area contributed by atoms with Gasteiger partial charge in [-0.15, -0.1) is 0 Å². The number of hydrogen-bond donors (Lipinski definition) is 3. The minimum atomic E-state index is -0.834. The van der Waals surface area contributed by atoms with Gasteiger partial charge in [-0.05, 0) is 73.4 Å². The van der Waals surface area contributed by atoms with Crippen molar-refractivity contribution in [2.75, 3.05) is 32.7 Å². The first-order valence-electron chi connectivity index (χ1n) is 14.6. The minimum Gasteiger partial charge on any atom is -0.473 e. The Balaban J connectivity index is 1.54. The number of carbonyl (C=O) groups excluding carboxylic acids is 1. The highest BCUT2D eigenvalue weighted by Gasteiger charge is 2.61. The van der Waals surface area contributed by atoms with E-state index in [9.17, 15) is 15.2 Å². The maximum absolute atomic E-state index is 13.4. The van der Waals surface area contributed by atoms with Crippen LogP contribution in [0.15, 0.2) is 48.5 Å². The van der Waals surface area contributed by atoms with Crippen molar-refractivity contribution in [1.29, 1.82) is 5.26 Å². The number of benzene rings is 2. The summed E-state index contributed by atoms with van der Waals surface area (Å²) in [7, 11) is 0. The number of hydrogen-bond acceptors (Lipinski definition) is 7. The Labute approximate surface area is 248 Å². The topological polar surface area (TPSA) is 101 Å². The Bertz CT molecular complexity index is 1270. The van der Waals surface area contributed by atoms with Gasteiger partial charge >= 0.3 is 0 Å². The average Bonchev–Trinajstić information content (AvgIpc) is 2.91. The number of nitriles is 1. The van der Waals surface area contributed by atoms with Gasteiger partial charge in [-0.1, -0.05) is 57.5 Å². The van der Waals surface area contributed by atoms with Gasteiger partial charge in [-0.3, -0.25) is 15.1 Å². The van der Waals surface area contributed by atoms with Gasteiger partial charge in [0.15, 0.2) is 6.23 Å². The smallest absolute Gasteiger partial charge is 0.265 e. The molecule has 1 saturated carbocycles. The van der Waals surface area contributed by atoms with Crippen LogP contribution in [0.3, 0.4) is 0 Å². The van der Waals surface area contributed by atoms with Crippen LogP contribution in [-0.4, -0.2) is 71.5 Å². The lowest BCUT2D eigenvalue weighted by Gasteiger charge is -2.65. The van der Waals surface area contributed by atoms with Gasteiger partial charge in [-0.2, -0.15) is 5.26 Å². The Morgan fingerprint density at radius 2 is 1.80 bits per heavy atom. The van der Waals surface area contributed by atoms with Crippen LogP contribution >= 0.6 is 11.6 Å². The van der Waals surface area contributed by atoms with E-state index in [1.54, 1.807) is 18.2 Å². The molecule has 5 rings (SSSR count). The minimum absolute atomic E-state index is 0.00246. The molecule has 2 saturated heterocycles. The molecule has 41 heavy (non-hydrogen) atoms. The number of aliphatic hydroxyl groups is 1. The number of nitrogens with zero attached hydrogens (tertiary/aromatic N) is 3. The molecule has 2 aliphatic heterocycles. The third-order valence-corrected chi connectivity index (χ3v) is 9.52. The molecular weight excluding hydrogens is 538 g/mol. The van der Waals surface area contributed by atoms with Crippen LogP contribution in [0.2, 0.25) is 5.02 Å². The number of nitrogens with one attached hydrogen (secondary N) is 2. The van der Waals surface area contributed by atoms with E-state index in [-0.39, 0.29) is 28.7 Å². The van der Waals surface area contributed by atoms with Gasteiger partial charge in [0, 0.05) is 31.3 Å². The van der Waals surface area contributed by atoms with Crippen LogP contribution in [0.25, 0.3) is 0 Å². The number of piperidine rings is 1. The van der Waals surface area contributed by atoms with Gasteiger partial charge < -0.3 is 15.2 Å². The van der Waals surface area contributed by atoms with Crippen molar-refractivity contribution in [2.24, 2.45) is 16.7 Å². The molecule has 2 atom stereocenters. The van der Waals surface area contributed by atoms with E-state index in [4.69, 9.17) is 16.3 Å². The largest absolute Gasteiger partial charge is 0.473 e. The van der Waals surface area contributed by atoms with Gasteiger partial charge in [0.1, 0.15) is 11.8 Å². The van der Waals surface area contributed by atoms with Crippen molar-refractivity contribution in [3.63, 3.8) is 0 Å². The van der Waals surface area contributed by atoms with Crippen molar-refractivity contribution in [3.05, 3.63) is 64.7 Å². The van der Waals surface area contributed by atoms with E-state index in [1.807, 2.05) is 30.3 Å². The van der Waals surface area contributed by atoms with Crippen LogP contribution < -0.4 is 15.5 Å². The van der Waals surface area contributed by atoms with Crippen LogP contribution in [0.1, 0.15) is 62.9 Å². The quantitative estimate of drug-likeness (QED) is 0.446. The predicted molar refractivity (Wildman–Crippen MR) is 159 cm³/mol. The SMILES string of the molecule is CC1(C)CC(C)(C)C1C1[C@@H](Oc2ccc(C#N)c(Cl)c2)N(CC2(O)CCNCC2)CCN1NC(=O)c1ccccc1. The number of ether oxygens (including phenoxy) is 1. The summed E-state index contributed by atoms with van der Waals surface area (Å²) in [5.74, 6) is 0.573. The van der Waals surface area contributed by atoms with Crippen LogP contribution in [0, 0.1) is 28.1 Å². The summed E-state index contributed by atoms with van der Waals surface area (Å²) in [4.78, 5) is 15.7. The number of β-amino-alcohol motifs (C(OH)–C–C–N with tert-alkyl or cyclic N) is 1. The lowest BCUT2D eigenvalue weighted by molar-refractivity contribution is -0.207. The van der Waals surface area contributed by atoms with E-state index in [0.717, 1.165) is 19.5 Å². The molecule has 0 aromatic heterocycles. The van der Waals surface area contributed by atoms with E-state index < -0.39 is 11.8 Å². The highest BCUT2D eigenvalue weighted by Crippen LogP contribution is 2.61. The molecule has 9 heteroatoms. The molecule has 0 radical (unpaired) electrons. The first-order valence-corrected chi connectivity index (χ1v) is 15.0. The fraction of sp³-hybridized carbons (Fsp3) is 0.562. The van der Waals surface area contributed by atoms with Crippen LogP contribution in [0.4, 0.5) is 0 Å². The summed E-state index contributed by atoms with van der Waals surface area (Å²) in [6.45, 7) is 12.3. The fourth-order valence-corrected chi connectivity index (χ4v) is 8.14. The van der Waals surface area contributed by atoms with Crippen molar-refractivity contribution < 1.29 is 14.6 Å². The molecule has 220 valence electrons. The maximum Gasteiger partial charge on any atom is 0.265 e. The van der Waals surface area contributed by atoms with Crippen molar-refractivity contribution in [2.45, 2.75) is 64.8 Å². The van der Waals surface area contributed by atoms with E-state index >= 15 is 0 Å². The molecule has 8 nitrogen and oxygen atoms in total. The summed E-state index contributed by atoms with van der Waals surface area (Å²) in [6.07, 6.45) is 1.90. The van der Waals surface area contributed by atoms with Crippen LogP contribution in [0.5, 0.6) is 5.75 Å². The van der Waals surface area contributed by atoms with E-state index in [0.29, 0.717) is 54.4 Å². The monoisotopic (exact) mass is 579 g/mol. The van der Waals surface area contributed by atoms with Gasteiger partial charge in [0.05, 0.1) is 22.2 Å². The highest BCUT2D eigenvalue weighted by atomic mass is 35.5. The predicted octanol–water partition coefficient (Wildman–Crippen LogP) is 4.43. The standard InChI is InChI=1S/C32H42ClN5O3/c1-30(2)20-31(3,4)27(30)26-29(41-24-11-10-23(19-34)25(33)18-24)37(21-32(40)12-14-35-15-13-32)16-17-38(26)36-28(39)22-8-6-5-7-9-22/h5-11,18,26-27,29,35,40H,12-17,20-21H2,1-4H3,(H,36,39)/t26?,29-/m1/s1. The first-order chi connectivity index (χ1) is 19.4. The molecule has 2 heterocycles. The van der Waals surface area contributed by atoms with Gasteiger partial charge in [0.25, 0.3) is 5.91 Å². The zero-order valence-electron chi connectivity index (χ0n) is 24.5. The number of rotatable bonds is 7. The fourth-order valence-electron chi connectivity index (χ4n) is 7.93. The molecule has 1 amide bonds. The van der Waals surface area contributed by atoms with Crippen LogP contribution in [-0.2, 0) is 0 Å². The Kier molecular flexibility index (Phi) is 8.39. The highest BCUT2D eigenvalue weighted by molar-refractivity contribution is 6.31. The van der Waals surface area contributed by atoms with Gasteiger partial charge in [-0.25, -0.2) is 5.01 Å². The normalized spacial score (nSPS) is 26.0. The lowest BCUT2D eigenvalue weighted by Crippen LogP contribution is -2.74. The second-order valence-electron chi connectivity index (χ2n) is 13.3. The van der Waals surface area contributed by atoms with E-state index in [1.165, 1.54) is 0 Å². The second kappa shape index (κ2) is 11.5. The summed E-state index contributed by atoms with van der Waals surface area (Å²) < 4.78 is 6.82. The van der Waals surface area contributed by atoms with Crippen molar-refractivity contribution >= 4 is 17.5 Å². The molecule has 3 aliphatic rings. The average molecular weight is 580 g/mol. The summed E-state index contributed by atoms with van der Waals surface area (Å²) >= 11 is 6.42. The zero-order valence-corrected chi connectivity index (χ0v) is 25.2. The first kappa shape index (κ1) is 29.8. The molecule has 0 spiro atoms. The summed E-state index contributed by atoms with van der Waals surface area (Å²) in [5, 5.41) is 26.8. The number of piperazine rings is 1. The van der Waals surface area contributed by atoms with Crippen molar-refractivity contribution in [1.82, 2.24) is 20.7 Å². The second-order valence-corrected chi connectivity index (χ2v) is 13.7. The zero-order chi connectivity index (χ0) is 29.4. The molecule has 2 aromatic carbocycles. The maximum atomic E-state index is 13.4. The molecule has 3 N–H and O–H groups in total. The third kappa shape index (κ3) is 6.25. The third-order valence-electron chi connectivity index (χ3n) is 9.21. The van der Waals surface area contributed by atoms with Gasteiger partial charge in [0.2, 0.25) is 0 Å². The Morgan fingerprint density at radius 1 is 1.12 bits per heavy atom. The number of amides is 1. The van der Waals surface area contributed by atoms with Crippen molar-refractivity contribution in [3.8, 4) is 11.8 Å². The number of hydrazine groups is 1. The molecular formula is C32H42ClN5O3. The molecule has 0 bridgehead atoms. The molecule has 3 fully saturated rings. The Hall–Kier alpha value is -2.67. The summed E-state index contributed by atoms with van der Waals surface area (Å²) in [6, 6.07) is 16.3. The molecule has 1 aliphatic carbocycles. The van der Waals surface area contributed by atoms with E-state index in [2.05, 4.69) is 54.4 Å². The number of carbonyl (C=O) groups is 1. The number of halogens is 1. The molecule has 2 aromatic rings.